The standard InChI is InChI=1S/C19H23FN2O4S/c1-4-22(5-2)27(24,25)18-12-8-16(9-13-18)21-19(23)14(3)26-17-10-6-15(20)7-11-17/h6-14H,4-5H2,1-3H3,(H,21,23)/t14-/m0/s1. The molecule has 0 saturated heterocycles. The maximum Gasteiger partial charge on any atom is 0.265 e. The molecule has 0 aliphatic carbocycles. The van der Waals surface area contributed by atoms with Gasteiger partial charge < -0.3 is 10.1 Å². The first-order valence-corrected chi connectivity index (χ1v) is 10.0. The van der Waals surface area contributed by atoms with Crippen molar-refractivity contribution < 1.29 is 22.3 Å². The number of nitrogens with one attached hydrogen (secondary N) is 1. The highest BCUT2D eigenvalue weighted by Crippen LogP contribution is 2.19. The number of hydrogen-bond acceptors (Lipinski definition) is 4. The Bertz CT molecular complexity index is 864. The van der Waals surface area contributed by atoms with Crippen LogP contribution in [0.2, 0.25) is 0 Å². The van der Waals surface area contributed by atoms with Crippen molar-refractivity contribution in [2.75, 3.05) is 18.4 Å². The molecule has 0 unspecified atom stereocenters. The molecule has 0 aliphatic rings. The third kappa shape index (κ3) is 5.27. The number of carbonyl (C=O) groups is 1. The van der Waals surface area contributed by atoms with Crippen LogP contribution in [0.5, 0.6) is 5.75 Å². The molecular formula is C19H23FN2O4S. The van der Waals surface area contributed by atoms with E-state index in [1.54, 1.807) is 20.8 Å². The Morgan fingerprint density at radius 2 is 1.63 bits per heavy atom. The number of ether oxygens (including phenoxy) is 1. The average molecular weight is 394 g/mol. The van der Waals surface area contributed by atoms with Gasteiger partial charge in [0.2, 0.25) is 10.0 Å². The molecule has 2 rings (SSSR count). The van der Waals surface area contributed by atoms with E-state index in [2.05, 4.69) is 5.32 Å². The summed E-state index contributed by atoms with van der Waals surface area (Å²) in [5, 5.41) is 2.66. The molecule has 2 aromatic carbocycles. The Morgan fingerprint density at radius 3 is 2.15 bits per heavy atom. The van der Waals surface area contributed by atoms with Crippen molar-refractivity contribution in [3.8, 4) is 5.75 Å². The van der Waals surface area contributed by atoms with Crippen LogP contribution in [0, 0.1) is 5.82 Å². The number of benzene rings is 2. The van der Waals surface area contributed by atoms with E-state index in [0.717, 1.165) is 0 Å². The Kier molecular flexibility index (Phi) is 6.92. The molecule has 0 aliphatic heterocycles. The number of amides is 1. The molecule has 1 amide bonds. The summed E-state index contributed by atoms with van der Waals surface area (Å²) in [6, 6.07) is 11.3. The number of halogens is 1. The summed E-state index contributed by atoms with van der Waals surface area (Å²) in [5.41, 5.74) is 0.452. The third-order valence-corrected chi connectivity index (χ3v) is 6.02. The monoisotopic (exact) mass is 394 g/mol. The lowest BCUT2D eigenvalue weighted by atomic mass is 10.3. The summed E-state index contributed by atoms with van der Waals surface area (Å²) in [4.78, 5) is 12.4. The Hall–Kier alpha value is -2.45. The van der Waals surface area contributed by atoms with E-state index in [9.17, 15) is 17.6 Å². The van der Waals surface area contributed by atoms with Crippen LogP contribution in [0.4, 0.5) is 10.1 Å². The molecule has 6 nitrogen and oxygen atoms in total. The first-order valence-electron chi connectivity index (χ1n) is 8.61. The smallest absolute Gasteiger partial charge is 0.265 e. The summed E-state index contributed by atoms with van der Waals surface area (Å²) in [5.74, 6) is -0.419. The fourth-order valence-electron chi connectivity index (χ4n) is 2.44. The molecule has 0 bridgehead atoms. The van der Waals surface area contributed by atoms with Gasteiger partial charge in [0.15, 0.2) is 6.10 Å². The van der Waals surface area contributed by atoms with Gasteiger partial charge in [-0.2, -0.15) is 4.31 Å². The van der Waals surface area contributed by atoms with Crippen LogP contribution in [0.25, 0.3) is 0 Å². The summed E-state index contributed by atoms with van der Waals surface area (Å²) in [6.07, 6.45) is -0.811. The Morgan fingerprint density at radius 1 is 1.07 bits per heavy atom. The molecule has 27 heavy (non-hydrogen) atoms. The van der Waals surface area contributed by atoms with Gasteiger partial charge in [0, 0.05) is 18.8 Å². The predicted octanol–water partition coefficient (Wildman–Crippen LogP) is 3.26. The molecule has 0 saturated carbocycles. The number of nitrogens with zero attached hydrogens (tertiary/aromatic N) is 1. The van der Waals surface area contributed by atoms with Crippen LogP contribution in [-0.4, -0.2) is 37.8 Å². The SMILES string of the molecule is CCN(CC)S(=O)(=O)c1ccc(NC(=O)[C@H](C)Oc2ccc(F)cc2)cc1. The minimum Gasteiger partial charge on any atom is -0.481 e. The van der Waals surface area contributed by atoms with Gasteiger partial charge in [0.05, 0.1) is 4.90 Å². The molecule has 1 atom stereocenters. The molecule has 0 radical (unpaired) electrons. The van der Waals surface area contributed by atoms with Gasteiger partial charge in [-0.05, 0) is 55.5 Å². The largest absolute Gasteiger partial charge is 0.481 e. The van der Waals surface area contributed by atoms with E-state index in [1.807, 2.05) is 0 Å². The summed E-state index contributed by atoms with van der Waals surface area (Å²) in [7, 11) is -3.54. The van der Waals surface area contributed by atoms with Crippen molar-refractivity contribution in [3.05, 3.63) is 54.3 Å². The van der Waals surface area contributed by atoms with E-state index in [1.165, 1.54) is 52.8 Å². The van der Waals surface area contributed by atoms with Crippen molar-refractivity contribution >= 4 is 21.6 Å². The zero-order chi connectivity index (χ0) is 20.0. The van der Waals surface area contributed by atoms with E-state index >= 15 is 0 Å². The van der Waals surface area contributed by atoms with Gasteiger partial charge >= 0.3 is 0 Å². The fourth-order valence-corrected chi connectivity index (χ4v) is 3.90. The molecule has 0 fully saturated rings. The number of hydrogen-bond donors (Lipinski definition) is 1. The maximum atomic E-state index is 12.9. The van der Waals surface area contributed by atoms with Crippen molar-refractivity contribution in [2.45, 2.75) is 31.8 Å². The van der Waals surface area contributed by atoms with E-state index in [0.29, 0.717) is 24.5 Å². The molecule has 1 N–H and O–H groups in total. The predicted molar refractivity (Wildman–Crippen MR) is 102 cm³/mol. The quantitative estimate of drug-likeness (QED) is 0.746. The molecule has 0 heterocycles. The van der Waals surface area contributed by atoms with E-state index in [-0.39, 0.29) is 10.7 Å². The van der Waals surface area contributed by atoms with Crippen LogP contribution in [0.3, 0.4) is 0 Å². The highest BCUT2D eigenvalue weighted by atomic mass is 32.2. The van der Waals surface area contributed by atoms with Crippen LogP contribution < -0.4 is 10.1 Å². The van der Waals surface area contributed by atoms with Gasteiger partial charge in [0.1, 0.15) is 11.6 Å². The second kappa shape index (κ2) is 8.96. The number of rotatable bonds is 8. The van der Waals surface area contributed by atoms with Gasteiger partial charge in [-0.15, -0.1) is 0 Å². The second-order valence-electron chi connectivity index (χ2n) is 5.82. The molecule has 0 spiro atoms. The topological polar surface area (TPSA) is 75.7 Å². The summed E-state index contributed by atoms with van der Waals surface area (Å²) in [6.45, 7) is 5.89. The number of anilines is 1. The molecule has 2 aromatic rings. The molecule has 8 heteroatoms. The van der Waals surface area contributed by atoms with Gasteiger partial charge in [0.25, 0.3) is 5.91 Å². The molecule has 146 valence electrons. The lowest BCUT2D eigenvalue weighted by Gasteiger charge is -2.19. The van der Waals surface area contributed by atoms with Crippen molar-refractivity contribution in [3.63, 3.8) is 0 Å². The number of sulfonamides is 1. The lowest BCUT2D eigenvalue weighted by Crippen LogP contribution is -2.31. The van der Waals surface area contributed by atoms with Crippen LogP contribution >= 0.6 is 0 Å². The zero-order valence-corrected chi connectivity index (χ0v) is 16.3. The summed E-state index contributed by atoms with van der Waals surface area (Å²) < 4.78 is 44.6. The highest BCUT2D eigenvalue weighted by Gasteiger charge is 2.21. The van der Waals surface area contributed by atoms with Crippen LogP contribution in [-0.2, 0) is 14.8 Å². The van der Waals surface area contributed by atoms with E-state index < -0.39 is 22.0 Å². The van der Waals surface area contributed by atoms with Crippen molar-refractivity contribution in [2.24, 2.45) is 0 Å². The molecular weight excluding hydrogens is 371 g/mol. The number of carbonyl (C=O) groups excluding carboxylic acids is 1. The third-order valence-electron chi connectivity index (χ3n) is 3.96. The normalized spacial score (nSPS) is 12.6. The van der Waals surface area contributed by atoms with Crippen molar-refractivity contribution in [1.82, 2.24) is 4.31 Å². The first-order chi connectivity index (χ1) is 12.8. The van der Waals surface area contributed by atoms with Gasteiger partial charge in [-0.25, -0.2) is 12.8 Å². The van der Waals surface area contributed by atoms with Crippen LogP contribution in [0.1, 0.15) is 20.8 Å². The Balaban J connectivity index is 2.03. The lowest BCUT2D eigenvalue weighted by molar-refractivity contribution is -0.122. The minimum absolute atomic E-state index is 0.166. The molecule has 0 aromatic heterocycles. The van der Waals surface area contributed by atoms with Gasteiger partial charge in [-0.3, -0.25) is 4.79 Å². The van der Waals surface area contributed by atoms with Crippen molar-refractivity contribution in [1.29, 1.82) is 0 Å². The van der Waals surface area contributed by atoms with E-state index in [4.69, 9.17) is 4.74 Å². The minimum atomic E-state index is -3.54. The fraction of sp³-hybridized carbons (Fsp3) is 0.316. The second-order valence-corrected chi connectivity index (χ2v) is 7.75. The average Bonchev–Trinajstić information content (AvgIpc) is 2.64. The van der Waals surface area contributed by atoms with Crippen LogP contribution in [0.15, 0.2) is 53.4 Å². The zero-order valence-electron chi connectivity index (χ0n) is 15.5. The first kappa shape index (κ1) is 20.9. The van der Waals surface area contributed by atoms with Gasteiger partial charge in [-0.1, -0.05) is 13.8 Å². The summed E-state index contributed by atoms with van der Waals surface area (Å²) >= 11 is 0. The highest BCUT2D eigenvalue weighted by molar-refractivity contribution is 7.89. The Labute approximate surface area is 159 Å². The maximum absolute atomic E-state index is 12.9.